The number of hydrogen-bond acceptors (Lipinski definition) is 3. The summed E-state index contributed by atoms with van der Waals surface area (Å²) in [6, 6.07) is 24.6. The molecule has 5 rings (SSSR count). The summed E-state index contributed by atoms with van der Waals surface area (Å²) >= 11 is 0. The molecular formula is C25H22N2O. The molecule has 2 N–H and O–H groups in total. The summed E-state index contributed by atoms with van der Waals surface area (Å²) < 4.78 is 0. The van der Waals surface area contributed by atoms with Gasteiger partial charge in [-0.1, -0.05) is 54.6 Å². The number of rotatable bonds is 3. The third-order valence-electron chi connectivity index (χ3n) is 5.81. The fourth-order valence-corrected chi connectivity index (χ4v) is 4.38. The van der Waals surface area contributed by atoms with Crippen molar-refractivity contribution in [2.75, 3.05) is 5.32 Å². The van der Waals surface area contributed by atoms with Crippen LogP contribution in [-0.2, 0) is 0 Å². The van der Waals surface area contributed by atoms with E-state index in [2.05, 4.69) is 58.9 Å². The first-order valence-electron chi connectivity index (χ1n) is 9.74. The van der Waals surface area contributed by atoms with Gasteiger partial charge in [0.05, 0.1) is 11.7 Å². The van der Waals surface area contributed by atoms with Gasteiger partial charge in [0.25, 0.3) is 0 Å². The summed E-state index contributed by atoms with van der Waals surface area (Å²) in [5.41, 5.74) is 5.53. The minimum absolute atomic E-state index is 0.243. The predicted octanol–water partition coefficient (Wildman–Crippen LogP) is 5.97. The molecule has 28 heavy (non-hydrogen) atoms. The maximum absolute atomic E-state index is 9.86. The lowest BCUT2D eigenvalue weighted by Crippen LogP contribution is -2.28. The second kappa shape index (κ2) is 7.01. The van der Waals surface area contributed by atoms with Crippen LogP contribution in [0.5, 0.6) is 5.75 Å². The summed E-state index contributed by atoms with van der Waals surface area (Å²) in [7, 11) is 0. The number of phenolic OH excluding ortho intramolecular Hbond substituents is 1. The van der Waals surface area contributed by atoms with Gasteiger partial charge in [-0.05, 0) is 53.8 Å². The Balaban J connectivity index is 1.40. The number of fused-ring (bicyclic) bond motifs is 3. The van der Waals surface area contributed by atoms with E-state index >= 15 is 0 Å². The molecule has 1 aliphatic carbocycles. The Hall–Kier alpha value is -3.33. The van der Waals surface area contributed by atoms with Crippen LogP contribution in [0.3, 0.4) is 0 Å². The molecule has 0 saturated heterocycles. The van der Waals surface area contributed by atoms with E-state index in [-0.39, 0.29) is 5.75 Å². The average molecular weight is 366 g/mol. The van der Waals surface area contributed by atoms with Gasteiger partial charge in [0, 0.05) is 23.4 Å². The normalized spacial score (nSPS) is 22.6. The molecule has 138 valence electrons. The Bertz CT molecular complexity index is 1050. The number of hydrogen-bond donors (Lipinski definition) is 2. The van der Waals surface area contributed by atoms with Gasteiger partial charge < -0.3 is 10.4 Å². The van der Waals surface area contributed by atoms with E-state index in [1.807, 2.05) is 30.3 Å². The Morgan fingerprint density at radius 2 is 1.71 bits per heavy atom. The highest BCUT2D eigenvalue weighted by Crippen LogP contribution is 2.49. The summed E-state index contributed by atoms with van der Waals surface area (Å²) in [6.45, 7) is 0. The third kappa shape index (κ3) is 2.99. The lowest BCUT2D eigenvalue weighted by Gasteiger charge is -2.37. The van der Waals surface area contributed by atoms with Gasteiger partial charge in [-0.2, -0.15) is 0 Å². The molecule has 3 aromatic carbocycles. The van der Waals surface area contributed by atoms with Crippen LogP contribution in [0, 0.1) is 5.92 Å². The molecule has 0 bridgehead atoms. The molecule has 0 saturated carbocycles. The van der Waals surface area contributed by atoms with Gasteiger partial charge in [-0.25, -0.2) is 0 Å². The van der Waals surface area contributed by atoms with Crippen molar-refractivity contribution in [3.8, 4) is 5.75 Å². The Kier molecular flexibility index (Phi) is 4.21. The molecule has 2 aliphatic rings. The number of para-hydroxylation sites is 2. The van der Waals surface area contributed by atoms with Gasteiger partial charge in [-0.3, -0.25) is 4.99 Å². The quantitative estimate of drug-likeness (QED) is 0.443. The number of aromatic hydroxyl groups is 1. The lowest BCUT2D eigenvalue weighted by atomic mass is 9.77. The van der Waals surface area contributed by atoms with E-state index in [1.165, 1.54) is 16.8 Å². The van der Waals surface area contributed by atoms with Crippen molar-refractivity contribution < 1.29 is 5.11 Å². The number of benzene rings is 3. The topological polar surface area (TPSA) is 44.6 Å². The van der Waals surface area contributed by atoms with Gasteiger partial charge in [0.15, 0.2) is 0 Å². The van der Waals surface area contributed by atoms with Crippen molar-refractivity contribution in [1.29, 1.82) is 0 Å². The van der Waals surface area contributed by atoms with E-state index < -0.39 is 0 Å². The third-order valence-corrected chi connectivity index (χ3v) is 5.81. The largest absolute Gasteiger partial charge is 0.507 e. The van der Waals surface area contributed by atoms with Gasteiger partial charge in [-0.15, -0.1) is 0 Å². The van der Waals surface area contributed by atoms with E-state index in [0.29, 0.717) is 17.9 Å². The zero-order chi connectivity index (χ0) is 18.9. The van der Waals surface area contributed by atoms with Crippen molar-refractivity contribution in [2.24, 2.45) is 10.9 Å². The Morgan fingerprint density at radius 1 is 0.929 bits per heavy atom. The van der Waals surface area contributed by atoms with Crippen LogP contribution >= 0.6 is 0 Å². The zero-order valence-electron chi connectivity index (χ0n) is 15.5. The molecule has 1 aliphatic heterocycles. The number of nitrogens with zero attached hydrogens (tertiary/aromatic N) is 1. The van der Waals surface area contributed by atoms with Crippen molar-refractivity contribution >= 4 is 17.6 Å². The Morgan fingerprint density at radius 3 is 2.57 bits per heavy atom. The first-order chi connectivity index (χ1) is 13.8. The van der Waals surface area contributed by atoms with Crippen molar-refractivity contribution in [3.05, 3.63) is 102 Å². The second-order valence-corrected chi connectivity index (χ2v) is 7.47. The maximum atomic E-state index is 9.86. The molecule has 0 radical (unpaired) electrons. The van der Waals surface area contributed by atoms with E-state index in [4.69, 9.17) is 0 Å². The zero-order valence-corrected chi connectivity index (χ0v) is 15.5. The van der Waals surface area contributed by atoms with E-state index in [0.717, 1.165) is 17.7 Å². The standard InChI is InChI=1S/C25H22N2O/c28-24-11-4-1-6-18(24)16-26-19-14-12-17(13-15-19)25-22-9-5-8-20(22)21-7-2-3-10-23(21)27-25/h1-8,10-16,20,22,25,27-28H,9H2/t20-,22+,25+/m1/s1. The highest BCUT2D eigenvalue weighted by Gasteiger charge is 2.37. The van der Waals surface area contributed by atoms with Gasteiger partial charge in [0.2, 0.25) is 0 Å². The molecule has 0 unspecified atom stereocenters. The maximum Gasteiger partial charge on any atom is 0.124 e. The average Bonchev–Trinajstić information content (AvgIpc) is 3.23. The summed E-state index contributed by atoms with van der Waals surface area (Å²) in [5, 5.41) is 13.6. The molecule has 0 amide bonds. The molecule has 3 heteroatoms. The van der Waals surface area contributed by atoms with Crippen LogP contribution in [0.1, 0.15) is 35.1 Å². The summed E-state index contributed by atoms with van der Waals surface area (Å²) in [5.74, 6) is 1.28. The van der Waals surface area contributed by atoms with Crippen LogP contribution in [0.2, 0.25) is 0 Å². The van der Waals surface area contributed by atoms with Crippen LogP contribution in [-0.4, -0.2) is 11.3 Å². The predicted molar refractivity (Wildman–Crippen MR) is 115 cm³/mol. The molecule has 3 atom stereocenters. The highest BCUT2D eigenvalue weighted by atomic mass is 16.3. The summed E-state index contributed by atoms with van der Waals surface area (Å²) in [6.07, 6.45) is 7.49. The van der Waals surface area contributed by atoms with Gasteiger partial charge in [0.1, 0.15) is 5.75 Å². The fourth-order valence-electron chi connectivity index (χ4n) is 4.38. The highest BCUT2D eigenvalue weighted by molar-refractivity contribution is 5.85. The first-order valence-corrected chi connectivity index (χ1v) is 9.74. The number of aliphatic imine (C=N–C) groups is 1. The monoisotopic (exact) mass is 366 g/mol. The lowest BCUT2D eigenvalue weighted by molar-refractivity contribution is 0.425. The van der Waals surface area contributed by atoms with Crippen molar-refractivity contribution in [3.63, 3.8) is 0 Å². The minimum atomic E-state index is 0.243. The Labute approximate surface area is 165 Å². The van der Waals surface area contributed by atoms with Crippen LogP contribution in [0.4, 0.5) is 11.4 Å². The fraction of sp³-hybridized carbons (Fsp3) is 0.160. The number of phenols is 1. The second-order valence-electron chi connectivity index (χ2n) is 7.47. The van der Waals surface area contributed by atoms with Crippen molar-refractivity contribution in [2.45, 2.75) is 18.4 Å². The minimum Gasteiger partial charge on any atom is -0.507 e. The molecule has 3 aromatic rings. The smallest absolute Gasteiger partial charge is 0.124 e. The first kappa shape index (κ1) is 16.8. The van der Waals surface area contributed by atoms with Crippen LogP contribution < -0.4 is 5.32 Å². The van der Waals surface area contributed by atoms with Crippen LogP contribution in [0.15, 0.2) is 89.9 Å². The molecular weight excluding hydrogens is 344 g/mol. The molecule has 0 aromatic heterocycles. The number of allylic oxidation sites excluding steroid dienone is 2. The van der Waals surface area contributed by atoms with E-state index in [9.17, 15) is 5.11 Å². The summed E-state index contributed by atoms with van der Waals surface area (Å²) in [4.78, 5) is 4.51. The van der Waals surface area contributed by atoms with Crippen molar-refractivity contribution in [1.82, 2.24) is 0 Å². The SMILES string of the molecule is Oc1ccccc1C=Nc1ccc([C@@H]2Nc3ccccc3[C@H]3C=CC[C@@H]32)cc1. The molecule has 0 fully saturated rings. The number of nitrogens with one attached hydrogen (secondary N) is 1. The number of anilines is 1. The molecule has 0 spiro atoms. The molecule has 3 nitrogen and oxygen atoms in total. The van der Waals surface area contributed by atoms with E-state index in [1.54, 1.807) is 12.3 Å². The van der Waals surface area contributed by atoms with Crippen LogP contribution in [0.25, 0.3) is 0 Å². The molecule has 1 heterocycles. The van der Waals surface area contributed by atoms with Gasteiger partial charge >= 0.3 is 0 Å².